The molecule has 128 valence electrons. The Morgan fingerprint density at radius 2 is 2.18 bits per heavy atom. The van der Waals surface area contributed by atoms with Crippen molar-refractivity contribution in [1.82, 2.24) is 10.6 Å². The second-order valence-electron chi connectivity index (χ2n) is 6.67. The lowest BCUT2D eigenvalue weighted by molar-refractivity contribution is 0.0241. The van der Waals surface area contributed by atoms with E-state index in [0.717, 1.165) is 45.1 Å². The Bertz CT molecular complexity index is 373. The van der Waals surface area contributed by atoms with Crippen LogP contribution in [0.5, 0.6) is 0 Å². The fraction of sp³-hybridized carbons (Fsp3) is 0.824. The number of hydrogen-bond acceptors (Lipinski definition) is 3. The van der Waals surface area contributed by atoms with Crippen molar-refractivity contribution in [1.29, 1.82) is 0 Å². The molecule has 0 fully saturated rings. The number of rotatable bonds is 7. The smallest absolute Gasteiger partial charge is 0.191 e. The van der Waals surface area contributed by atoms with Crippen molar-refractivity contribution in [2.45, 2.75) is 46.6 Å². The molecule has 0 aromatic heterocycles. The van der Waals surface area contributed by atoms with Crippen molar-refractivity contribution < 1.29 is 9.47 Å². The average molecular weight is 311 g/mol. The standard InChI is InChI=1S/C17H33N3O2/c1-6-18-16(20-13-15(21-5)17(2,3)4)19-10-7-14-8-11-22-12-9-14/h8,15H,6-7,9-13H2,1-5H3,(H2,18,19,20). The van der Waals surface area contributed by atoms with Gasteiger partial charge in [0.2, 0.25) is 0 Å². The molecule has 0 aromatic rings. The van der Waals surface area contributed by atoms with Crippen LogP contribution in [0.15, 0.2) is 16.6 Å². The van der Waals surface area contributed by atoms with E-state index in [1.807, 2.05) is 0 Å². The van der Waals surface area contributed by atoms with E-state index in [9.17, 15) is 0 Å². The molecule has 1 atom stereocenters. The molecule has 0 amide bonds. The summed E-state index contributed by atoms with van der Waals surface area (Å²) in [7, 11) is 1.75. The molecular formula is C17H33N3O2. The zero-order valence-corrected chi connectivity index (χ0v) is 14.9. The lowest BCUT2D eigenvalue weighted by Gasteiger charge is -2.28. The van der Waals surface area contributed by atoms with Gasteiger partial charge in [-0.3, -0.25) is 4.99 Å². The fourth-order valence-corrected chi connectivity index (χ4v) is 2.35. The number of ether oxygens (including phenoxy) is 2. The number of nitrogens with one attached hydrogen (secondary N) is 2. The molecule has 0 aliphatic carbocycles. The van der Waals surface area contributed by atoms with Gasteiger partial charge in [0.15, 0.2) is 5.96 Å². The monoisotopic (exact) mass is 311 g/mol. The zero-order valence-electron chi connectivity index (χ0n) is 14.9. The molecule has 0 saturated carbocycles. The van der Waals surface area contributed by atoms with Crippen LogP contribution in [0, 0.1) is 5.41 Å². The van der Waals surface area contributed by atoms with E-state index in [4.69, 9.17) is 9.47 Å². The molecule has 0 radical (unpaired) electrons. The van der Waals surface area contributed by atoms with Crippen LogP contribution >= 0.6 is 0 Å². The summed E-state index contributed by atoms with van der Waals surface area (Å²) in [6, 6.07) is 0. The van der Waals surface area contributed by atoms with E-state index >= 15 is 0 Å². The van der Waals surface area contributed by atoms with Crippen molar-refractivity contribution >= 4 is 5.96 Å². The summed E-state index contributed by atoms with van der Waals surface area (Å²) < 4.78 is 10.9. The first-order valence-electron chi connectivity index (χ1n) is 8.28. The Hall–Kier alpha value is -1.07. The van der Waals surface area contributed by atoms with Gasteiger partial charge in [-0.1, -0.05) is 32.4 Å². The highest BCUT2D eigenvalue weighted by atomic mass is 16.5. The van der Waals surface area contributed by atoms with Crippen LogP contribution in [0.2, 0.25) is 0 Å². The van der Waals surface area contributed by atoms with E-state index in [1.54, 1.807) is 7.11 Å². The van der Waals surface area contributed by atoms with Crippen molar-refractivity contribution in [3.05, 3.63) is 11.6 Å². The molecule has 2 N–H and O–H groups in total. The Morgan fingerprint density at radius 1 is 1.41 bits per heavy atom. The fourth-order valence-electron chi connectivity index (χ4n) is 2.35. The van der Waals surface area contributed by atoms with Gasteiger partial charge in [0.25, 0.3) is 0 Å². The maximum atomic E-state index is 5.56. The van der Waals surface area contributed by atoms with Gasteiger partial charge in [-0.15, -0.1) is 0 Å². The highest BCUT2D eigenvalue weighted by molar-refractivity contribution is 5.79. The molecule has 1 aliphatic rings. The van der Waals surface area contributed by atoms with E-state index in [-0.39, 0.29) is 11.5 Å². The van der Waals surface area contributed by atoms with E-state index in [0.29, 0.717) is 6.54 Å². The topological polar surface area (TPSA) is 54.9 Å². The SMILES string of the molecule is CCNC(=NCC(OC)C(C)(C)C)NCCC1=CCOCC1. The molecular weight excluding hydrogens is 278 g/mol. The maximum Gasteiger partial charge on any atom is 0.191 e. The minimum Gasteiger partial charge on any atom is -0.379 e. The molecule has 5 heteroatoms. The molecule has 22 heavy (non-hydrogen) atoms. The molecule has 1 unspecified atom stereocenters. The van der Waals surface area contributed by atoms with Crippen molar-refractivity contribution in [3.8, 4) is 0 Å². The Morgan fingerprint density at radius 3 is 2.73 bits per heavy atom. The van der Waals surface area contributed by atoms with Crippen LogP contribution in [0.3, 0.4) is 0 Å². The van der Waals surface area contributed by atoms with Crippen LogP contribution < -0.4 is 10.6 Å². The predicted octanol–water partition coefficient (Wildman–Crippen LogP) is 2.34. The third kappa shape index (κ3) is 7.27. The Labute approximate surface area is 135 Å². The van der Waals surface area contributed by atoms with Gasteiger partial charge in [0.1, 0.15) is 0 Å². The predicted molar refractivity (Wildman–Crippen MR) is 92.4 cm³/mol. The van der Waals surface area contributed by atoms with E-state index in [2.05, 4.69) is 49.4 Å². The van der Waals surface area contributed by atoms with Gasteiger partial charge in [-0.2, -0.15) is 0 Å². The number of hydrogen-bond donors (Lipinski definition) is 2. The van der Waals surface area contributed by atoms with E-state index < -0.39 is 0 Å². The summed E-state index contributed by atoms with van der Waals surface area (Å²) in [6.45, 7) is 12.6. The summed E-state index contributed by atoms with van der Waals surface area (Å²) in [5.41, 5.74) is 1.56. The molecule has 1 heterocycles. The van der Waals surface area contributed by atoms with Gasteiger partial charge in [-0.25, -0.2) is 0 Å². The molecule has 1 rings (SSSR count). The quantitative estimate of drug-likeness (QED) is 0.430. The van der Waals surface area contributed by atoms with Gasteiger partial charge >= 0.3 is 0 Å². The Balaban J connectivity index is 2.45. The van der Waals surface area contributed by atoms with Crippen molar-refractivity contribution in [2.24, 2.45) is 10.4 Å². The minimum absolute atomic E-state index is 0.0858. The first-order valence-corrected chi connectivity index (χ1v) is 8.28. The summed E-state index contributed by atoms with van der Waals surface area (Å²) in [4.78, 5) is 4.66. The Kier molecular flexibility index (Phi) is 8.49. The van der Waals surface area contributed by atoms with Crippen molar-refractivity contribution in [2.75, 3.05) is 40.0 Å². The van der Waals surface area contributed by atoms with Crippen molar-refractivity contribution in [3.63, 3.8) is 0 Å². The lowest BCUT2D eigenvalue weighted by Crippen LogP contribution is -2.39. The second kappa shape index (κ2) is 9.85. The summed E-state index contributed by atoms with van der Waals surface area (Å²) in [6.07, 6.45) is 4.39. The number of aliphatic imine (C=N–C) groups is 1. The largest absolute Gasteiger partial charge is 0.379 e. The molecule has 5 nitrogen and oxygen atoms in total. The molecule has 0 saturated heterocycles. The van der Waals surface area contributed by atoms with Gasteiger partial charge in [0.05, 0.1) is 25.9 Å². The van der Waals surface area contributed by atoms with E-state index in [1.165, 1.54) is 5.57 Å². The van der Waals surface area contributed by atoms with Crippen LogP contribution in [0.4, 0.5) is 0 Å². The van der Waals surface area contributed by atoms with Crippen LogP contribution in [0.25, 0.3) is 0 Å². The summed E-state index contributed by atoms with van der Waals surface area (Å²) in [5, 5.41) is 6.69. The number of guanidine groups is 1. The highest BCUT2D eigenvalue weighted by Crippen LogP contribution is 2.21. The number of methoxy groups -OCH3 is 1. The van der Waals surface area contributed by atoms with Gasteiger partial charge in [0, 0.05) is 20.2 Å². The first-order chi connectivity index (χ1) is 10.5. The van der Waals surface area contributed by atoms with Gasteiger partial charge in [-0.05, 0) is 25.2 Å². The molecule has 0 bridgehead atoms. The highest BCUT2D eigenvalue weighted by Gasteiger charge is 2.24. The lowest BCUT2D eigenvalue weighted by atomic mass is 9.89. The number of nitrogens with zero attached hydrogens (tertiary/aromatic N) is 1. The van der Waals surface area contributed by atoms with Crippen LogP contribution in [-0.2, 0) is 9.47 Å². The minimum atomic E-state index is 0.0858. The molecule has 0 aromatic carbocycles. The third-order valence-corrected chi connectivity index (χ3v) is 3.81. The van der Waals surface area contributed by atoms with Crippen LogP contribution in [-0.4, -0.2) is 52.0 Å². The first kappa shape index (κ1) is 19.0. The summed E-state index contributed by atoms with van der Waals surface area (Å²) >= 11 is 0. The molecule has 0 spiro atoms. The van der Waals surface area contributed by atoms with Crippen LogP contribution in [0.1, 0.15) is 40.5 Å². The second-order valence-corrected chi connectivity index (χ2v) is 6.67. The zero-order chi connectivity index (χ0) is 16.4. The third-order valence-electron chi connectivity index (χ3n) is 3.81. The normalized spacial score (nSPS) is 17.9. The summed E-state index contributed by atoms with van der Waals surface area (Å²) in [5.74, 6) is 0.862. The maximum absolute atomic E-state index is 5.56. The van der Waals surface area contributed by atoms with Gasteiger partial charge < -0.3 is 20.1 Å². The molecule has 1 aliphatic heterocycles. The average Bonchev–Trinajstić information content (AvgIpc) is 2.47.